The van der Waals surface area contributed by atoms with E-state index in [0.29, 0.717) is 22.0 Å². The number of hydrogen-bond acceptors (Lipinski definition) is 5. The fraction of sp³-hybridized carbons (Fsp3) is 0.261. The molecule has 6 nitrogen and oxygen atoms in total. The van der Waals surface area contributed by atoms with Crippen LogP contribution >= 0.6 is 23.4 Å². The van der Waals surface area contributed by atoms with Gasteiger partial charge in [0, 0.05) is 16.3 Å². The van der Waals surface area contributed by atoms with Gasteiger partial charge in [0.2, 0.25) is 5.91 Å². The van der Waals surface area contributed by atoms with Gasteiger partial charge in [-0.3, -0.25) is 19.3 Å². The maximum atomic E-state index is 12.8. The van der Waals surface area contributed by atoms with E-state index in [-0.39, 0.29) is 17.6 Å². The lowest BCUT2D eigenvalue weighted by Gasteiger charge is -2.15. The van der Waals surface area contributed by atoms with E-state index in [9.17, 15) is 14.4 Å². The molecule has 31 heavy (non-hydrogen) atoms. The topological polar surface area (TPSA) is 75.7 Å². The van der Waals surface area contributed by atoms with E-state index in [0.717, 1.165) is 28.6 Å². The van der Waals surface area contributed by atoms with E-state index in [1.54, 1.807) is 24.3 Å². The van der Waals surface area contributed by atoms with Crippen LogP contribution in [-0.2, 0) is 9.59 Å². The predicted molar refractivity (Wildman–Crippen MR) is 124 cm³/mol. The first-order valence-electron chi connectivity index (χ1n) is 9.85. The molecule has 1 aliphatic heterocycles. The van der Waals surface area contributed by atoms with E-state index < -0.39 is 17.1 Å². The van der Waals surface area contributed by atoms with Gasteiger partial charge in [0.05, 0.1) is 11.0 Å². The zero-order valence-corrected chi connectivity index (χ0v) is 19.0. The summed E-state index contributed by atoms with van der Waals surface area (Å²) in [6, 6.07) is 12.4. The van der Waals surface area contributed by atoms with Gasteiger partial charge in [-0.15, -0.1) is 0 Å². The van der Waals surface area contributed by atoms with Crippen molar-refractivity contribution in [2.45, 2.75) is 33.3 Å². The Morgan fingerprint density at radius 1 is 1.26 bits per heavy atom. The SMILES string of the molecule is CC[C@H](C)Oc1ccccc1/C=C1/SC(=O)N(CC(=O)Nc2cc(Cl)ccc2C)C1=O. The summed E-state index contributed by atoms with van der Waals surface area (Å²) >= 11 is 6.78. The molecule has 8 heteroatoms. The molecule has 0 bridgehead atoms. The van der Waals surface area contributed by atoms with Gasteiger partial charge < -0.3 is 10.1 Å². The van der Waals surface area contributed by atoms with Crippen LogP contribution in [0.1, 0.15) is 31.4 Å². The third-order valence-corrected chi connectivity index (χ3v) is 5.90. The second-order valence-corrected chi connectivity index (χ2v) is 8.58. The average molecular weight is 459 g/mol. The Labute approximate surface area is 190 Å². The number of hydrogen-bond donors (Lipinski definition) is 1. The number of para-hydroxylation sites is 1. The molecule has 1 heterocycles. The van der Waals surface area contributed by atoms with E-state index >= 15 is 0 Å². The number of imide groups is 1. The van der Waals surface area contributed by atoms with Crippen LogP contribution in [0.4, 0.5) is 10.5 Å². The van der Waals surface area contributed by atoms with Crippen LogP contribution in [0.25, 0.3) is 6.08 Å². The third kappa shape index (κ3) is 5.68. The number of nitrogens with zero attached hydrogens (tertiary/aromatic N) is 1. The summed E-state index contributed by atoms with van der Waals surface area (Å²) in [5.74, 6) is -0.349. The number of nitrogens with one attached hydrogen (secondary N) is 1. The molecule has 0 aromatic heterocycles. The van der Waals surface area contributed by atoms with Crippen LogP contribution in [0.5, 0.6) is 5.75 Å². The van der Waals surface area contributed by atoms with Crippen LogP contribution in [0, 0.1) is 6.92 Å². The molecule has 0 aliphatic carbocycles. The number of halogens is 1. The third-order valence-electron chi connectivity index (χ3n) is 4.76. The van der Waals surface area contributed by atoms with Crippen molar-refractivity contribution in [1.82, 2.24) is 4.90 Å². The Kier molecular flexibility index (Phi) is 7.41. The Balaban J connectivity index is 1.74. The summed E-state index contributed by atoms with van der Waals surface area (Å²) in [6.45, 7) is 5.44. The van der Waals surface area contributed by atoms with Crippen molar-refractivity contribution in [2.24, 2.45) is 0 Å². The number of anilines is 1. The number of benzene rings is 2. The summed E-state index contributed by atoms with van der Waals surface area (Å²) in [5.41, 5.74) is 2.06. The van der Waals surface area contributed by atoms with Crippen LogP contribution in [0.2, 0.25) is 5.02 Å². The van der Waals surface area contributed by atoms with Crippen LogP contribution in [0.3, 0.4) is 0 Å². The van der Waals surface area contributed by atoms with Crippen molar-refractivity contribution in [3.63, 3.8) is 0 Å². The maximum absolute atomic E-state index is 12.8. The van der Waals surface area contributed by atoms with Crippen molar-refractivity contribution in [2.75, 3.05) is 11.9 Å². The van der Waals surface area contributed by atoms with E-state index in [1.807, 2.05) is 45.0 Å². The van der Waals surface area contributed by atoms with Gasteiger partial charge in [0.15, 0.2) is 0 Å². The Bertz CT molecular complexity index is 1050. The predicted octanol–water partition coefficient (Wildman–Crippen LogP) is 5.50. The highest BCUT2D eigenvalue weighted by Gasteiger charge is 2.36. The van der Waals surface area contributed by atoms with E-state index in [4.69, 9.17) is 16.3 Å². The molecular weight excluding hydrogens is 436 g/mol. The summed E-state index contributed by atoms with van der Waals surface area (Å²) < 4.78 is 5.91. The molecule has 1 aliphatic rings. The Morgan fingerprint density at radius 3 is 2.74 bits per heavy atom. The van der Waals surface area contributed by atoms with Gasteiger partial charge in [0.25, 0.3) is 11.1 Å². The van der Waals surface area contributed by atoms with Crippen molar-refractivity contribution in [1.29, 1.82) is 0 Å². The zero-order valence-electron chi connectivity index (χ0n) is 17.5. The van der Waals surface area contributed by atoms with E-state index in [2.05, 4.69) is 5.32 Å². The van der Waals surface area contributed by atoms with Gasteiger partial charge in [-0.1, -0.05) is 42.8 Å². The van der Waals surface area contributed by atoms with Crippen molar-refractivity contribution < 1.29 is 19.1 Å². The number of aryl methyl sites for hydroxylation is 1. The molecule has 1 atom stereocenters. The number of amides is 3. The van der Waals surface area contributed by atoms with Gasteiger partial charge in [-0.25, -0.2) is 0 Å². The second-order valence-electron chi connectivity index (χ2n) is 7.15. The molecule has 3 amide bonds. The van der Waals surface area contributed by atoms with Crippen LogP contribution in [-0.4, -0.2) is 34.6 Å². The minimum atomic E-state index is -0.508. The highest BCUT2D eigenvalue weighted by molar-refractivity contribution is 8.18. The first kappa shape index (κ1) is 22.9. The normalized spacial score (nSPS) is 16.0. The smallest absolute Gasteiger partial charge is 0.294 e. The van der Waals surface area contributed by atoms with Crippen molar-refractivity contribution >= 4 is 52.2 Å². The van der Waals surface area contributed by atoms with Gasteiger partial charge in [-0.05, 0) is 61.9 Å². The molecule has 2 aromatic rings. The summed E-state index contributed by atoms with van der Waals surface area (Å²) in [6.07, 6.45) is 2.48. The number of ether oxygens (including phenoxy) is 1. The largest absolute Gasteiger partial charge is 0.490 e. The first-order chi connectivity index (χ1) is 14.8. The highest BCUT2D eigenvalue weighted by atomic mass is 35.5. The molecule has 3 rings (SSSR count). The standard InChI is InChI=1S/C23H23ClN2O4S/c1-4-15(3)30-19-8-6-5-7-16(19)11-20-22(28)26(23(29)31-20)13-21(27)25-18-12-17(24)10-9-14(18)2/h5-12,15H,4,13H2,1-3H3,(H,25,27)/b20-11+/t15-/m0/s1. The molecule has 0 radical (unpaired) electrons. The summed E-state index contributed by atoms with van der Waals surface area (Å²) in [4.78, 5) is 38.8. The van der Waals surface area contributed by atoms with E-state index in [1.165, 1.54) is 0 Å². The number of carbonyl (C=O) groups excluding carboxylic acids is 3. The fourth-order valence-corrected chi connectivity index (χ4v) is 3.85. The van der Waals surface area contributed by atoms with Crippen LogP contribution < -0.4 is 10.1 Å². The fourth-order valence-electron chi connectivity index (χ4n) is 2.85. The minimum Gasteiger partial charge on any atom is -0.490 e. The number of carbonyl (C=O) groups is 3. The molecule has 1 fully saturated rings. The van der Waals surface area contributed by atoms with Crippen LogP contribution in [0.15, 0.2) is 47.4 Å². The maximum Gasteiger partial charge on any atom is 0.294 e. The van der Waals surface area contributed by atoms with Gasteiger partial charge >= 0.3 is 0 Å². The zero-order chi connectivity index (χ0) is 22.5. The molecule has 0 spiro atoms. The molecule has 1 saturated heterocycles. The molecule has 0 saturated carbocycles. The van der Waals surface area contributed by atoms with Crippen molar-refractivity contribution in [3.8, 4) is 5.75 Å². The number of thioether (sulfide) groups is 1. The minimum absolute atomic E-state index is 0.0169. The lowest BCUT2D eigenvalue weighted by atomic mass is 10.1. The molecule has 2 aromatic carbocycles. The molecule has 1 N–H and O–H groups in total. The molecular formula is C23H23ClN2O4S. The average Bonchev–Trinajstić information content (AvgIpc) is 2.99. The number of rotatable bonds is 7. The Morgan fingerprint density at radius 2 is 2.00 bits per heavy atom. The van der Waals surface area contributed by atoms with Gasteiger partial charge in [0.1, 0.15) is 12.3 Å². The Hall–Kier alpha value is -2.77. The first-order valence-corrected chi connectivity index (χ1v) is 11.0. The van der Waals surface area contributed by atoms with Crippen molar-refractivity contribution in [3.05, 3.63) is 63.5 Å². The summed E-state index contributed by atoms with van der Waals surface area (Å²) in [7, 11) is 0. The van der Waals surface area contributed by atoms with Gasteiger partial charge in [-0.2, -0.15) is 0 Å². The quantitative estimate of drug-likeness (QED) is 0.554. The summed E-state index contributed by atoms with van der Waals surface area (Å²) in [5, 5.41) is 2.69. The monoisotopic (exact) mass is 458 g/mol. The molecule has 0 unspecified atom stereocenters. The second kappa shape index (κ2) is 10.0. The lowest BCUT2D eigenvalue weighted by molar-refractivity contribution is -0.127. The highest BCUT2D eigenvalue weighted by Crippen LogP contribution is 2.34. The molecule has 162 valence electrons. The lowest BCUT2D eigenvalue weighted by Crippen LogP contribution is -2.36.